The first-order chi connectivity index (χ1) is 9.26. The van der Waals surface area contributed by atoms with E-state index in [-0.39, 0.29) is 0 Å². The number of nitrogens with one attached hydrogen (secondary N) is 1. The van der Waals surface area contributed by atoms with Gasteiger partial charge in [0.25, 0.3) is 0 Å². The molecule has 0 saturated carbocycles. The molecule has 0 aliphatic rings. The molecule has 0 fully saturated rings. The maximum atomic E-state index is 5.64. The number of rotatable bonds is 6. The summed E-state index contributed by atoms with van der Waals surface area (Å²) in [5.74, 6) is 1.77. The number of hydrogen-bond acceptors (Lipinski definition) is 3. The normalized spacial score (nSPS) is 10.6. The van der Waals surface area contributed by atoms with Crippen LogP contribution in [0.5, 0.6) is 5.75 Å². The lowest BCUT2D eigenvalue weighted by molar-refractivity contribution is 0.309. The molecule has 0 unspecified atom stereocenters. The molecule has 0 aliphatic heterocycles. The fraction of sp³-hybridized carbons (Fsp3) is 0.429. The van der Waals surface area contributed by atoms with Crippen LogP contribution in [0.25, 0.3) is 11.4 Å². The molecule has 2 rings (SSSR count). The monoisotopic (exact) mass is 277 g/mol. The summed E-state index contributed by atoms with van der Waals surface area (Å²) in [6, 6.07) is 7.97. The van der Waals surface area contributed by atoms with E-state index in [0.717, 1.165) is 43.1 Å². The predicted octanol–water partition coefficient (Wildman–Crippen LogP) is 3.81. The molecule has 4 nitrogen and oxygen atoms in total. The van der Waals surface area contributed by atoms with Gasteiger partial charge in [0, 0.05) is 12.1 Å². The van der Waals surface area contributed by atoms with Crippen molar-refractivity contribution < 1.29 is 4.74 Å². The SMILES string of the molecule is CCCCOc1ccc(-c2n[nH]c(=S)n2CC)cc1. The molecule has 0 aliphatic carbocycles. The van der Waals surface area contributed by atoms with E-state index < -0.39 is 0 Å². The van der Waals surface area contributed by atoms with E-state index in [2.05, 4.69) is 24.0 Å². The summed E-state index contributed by atoms with van der Waals surface area (Å²) >= 11 is 5.19. The molecule has 1 aromatic carbocycles. The van der Waals surface area contributed by atoms with Crippen LogP contribution in [0, 0.1) is 4.77 Å². The Labute approximate surface area is 118 Å². The predicted molar refractivity (Wildman–Crippen MR) is 78.9 cm³/mol. The van der Waals surface area contributed by atoms with Gasteiger partial charge in [0.15, 0.2) is 10.6 Å². The van der Waals surface area contributed by atoms with Crippen LogP contribution in [-0.4, -0.2) is 21.4 Å². The Kier molecular flexibility index (Phi) is 4.74. The Morgan fingerprint density at radius 3 is 2.63 bits per heavy atom. The van der Waals surface area contributed by atoms with Crippen molar-refractivity contribution in [2.24, 2.45) is 0 Å². The molecular weight excluding hydrogens is 258 g/mol. The molecule has 5 heteroatoms. The van der Waals surface area contributed by atoms with Gasteiger partial charge in [-0.05, 0) is 49.8 Å². The number of aromatic nitrogens is 3. The number of unbranched alkanes of at least 4 members (excludes halogenated alkanes) is 1. The minimum atomic E-state index is 0.653. The lowest BCUT2D eigenvalue weighted by Gasteiger charge is -2.07. The summed E-state index contributed by atoms with van der Waals surface area (Å²) < 4.78 is 8.27. The van der Waals surface area contributed by atoms with Crippen molar-refractivity contribution in [3.8, 4) is 17.1 Å². The van der Waals surface area contributed by atoms with Crippen molar-refractivity contribution in [1.82, 2.24) is 14.8 Å². The van der Waals surface area contributed by atoms with Gasteiger partial charge in [-0.2, -0.15) is 5.10 Å². The summed E-state index contributed by atoms with van der Waals surface area (Å²) in [4.78, 5) is 0. The standard InChI is InChI=1S/C14H19N3OS/c1-3-5-10-18-12-8-6-11(7-9-12)13-15-16-14(19)17(13)4-2/h6-9H,3-5,10H2,1-2H3,(H,16,19). The molecule has 19 heavy (non-hydrogen) atoms. The fourth-order valence-corrected chi connectivity index (χ4v) is 2.13. The number of ether oxygens (including phenoxy) is 1. The van der Waals surface area contributed by atoms with E-state index in [1.165, 1.54) is 0 Å². The first-order valence-corrected chi connectivity index (χ1v) is 7.05. The zero-order valence-electron chi connectivity index (χ0n) is 11.3. The summed E-state index contributed by atoms with van der Waals surface area (Å²) in [5, 5.41) is 7.09. The van der Waals surface area contributed by atoms with Gasteiger partial charge in [0.05, 0.1) is 6.61 Å². The van der Waals surface area contributed by atoms with Crippen molar-refractivity contribution in [2.75, 3.05) is 6.61 Å². The van der Waals surface area contributed by atoms with Crippen LogP contribution in [0.15, 0.2) is 24.3 Å². The number of hydrogen-bond donors (Lipinski definition) is 1. The Morgan fingerprint density at radius 2 is 2.00 bits per heavy atom. The third-order valence-electron chi connectivity index (χ3n) is 2.95. The van der Waals surface area contributed by atoms with Crippen molar-refractivity contribution in [1.29, 1.82) is 0 Å². The molecule has 1 heterocycles. The van der Waals surface area contributed by atoms with Gasteiger partial charge in [-0.3, -0.25) is 5.10 Å². The van der Waals surface area contributed by atoms with Crippen molar-refractivity contribution in [3.05, 3.63) is 29.0 Å². The average molecular weight is 277 g/mol. The Morgan fingerprint density at radius 1 is 1.26 bits per heavy atom. The minimum absolute atomic E-state index is 0.653. The largest absolute Gasteiger partial charge is 0.494 e. The third-order valence-corrected chi connectivity index (χ3v) is 3.27. The van der Waals surface area contributed by atoms with Crippen LogP contribution in [-0.2, 0) is 6.54 Å². The van der Waals surface area contributed by atoms with E-state index in [4.69, 9.17) is 17.0 Å². The Hall–Kier alpha value is -1.62. The highest BCUT2D eigenvalue weighted by Crippen LogP contribution is 2.21. The van der Waals surface area contributed by atoms with Gasteiger partial charge in [-0.15, -0.1) is 0 Å². The molecular formula is C14H19N3OS. The molecule has 0 atom stereocenters. The lowest BCUT2D eigenvalue weighted by atomic mass is 10.2. The second kappa shape index (κ2) is 6.52. The summed E-state index contributed by atoms with van der Waals surface area (Å²) in [6.45, 7) is 5.78. The van der Waals surface area contributed by atoms with E-state index in [9.17, 15) is 0 Å². The van der Waals surface area contributed by atoms with Gasteiger partial charge in [0.2, 0.25) is 0 Å². The first kappa shape index (κ1) is 13.8. The van der Waals surface area contributed by atoms with Gasteiger partial charge in [-0.1, -0.05) is 13.3 Å². The van der Waals surface area contributed by atoms with Gasteiger partial charge in [-0.25, -0.2) is 0 Å². The Balaban J connectivity index is 2.15. The molecule has 2 aromatic rings. The molecule has 1 N–H and O–H groups in total. The highest BCUT2D eigenvalue weighted by atomic mass is 32.1. The van der Waals surface area contributed by atoms with E-state index >= 15 is 0 Å². The molecule has 1 aromatic heterocycles. The van der Waals surface area contributed by atoms with E-state index in [0.29, 0.717) is 4.77 Å². The zero-order valence-corrected chi connectivity index (χ0v) is 12.2. The smallest absolute Gasteiger partial charge is 0.195 e. The number of H-pyrrole nitrogens is 1. The molecule has 0 amide bonds. The van der Waals surface area contributed by atoms with Crippen LogP contribution >= 0.6 is 12.2 Å². The molecule has 0 spiro atoms. The molecule has 102 valence electrons. The maximum absolute atomic E-state index is 5.64. The fourth-order valence-electron chi connectivity index (χ4n) is 1.87. The van der Waals surface area contributed by atoms with Crippen LogP contribution in [0.2, 0.25) is 0 Å². The Bertz CT molecular complexity index is 571. The highest BCUT2D eigenvalue weighted by Gasteiger charge is 2.07. The molecule has 0 saturated heterocycles. The molecule has 0 radical (unpaired) electrons. The third kappa shape index (κ3) is 3.23. The van der Waals surface area contributed by atoms with Crippen molar-refractivity contribution in [2.45, 2.75) is 33.2 Å². The van der Waals surface area contributed by atoms with Crippen molar-refractivity contribution in [3.63, 3.8) is 0 Å². The summed E-state index contributed by atoms with van der Waals surface area (Å²) in [6.07, 6.45) is 2.22. The number of nitrogens with zero attached hydrogens (tertiary/aromatic N) is 2. The van der Waals surface area contributed by atoms with E-state index in [1.54, 1.807) is 0 Å². The first-order valence-electron chi connectivity index (χ1n) is 6.64. The zero-order chi connectivity index (χ0) is 13.7. The quantitative estimate of drug-likeness (QED) is 0.645. The van der Waals surface area contributed by atoms with E-state index in [1.807, 2.05) is 28.8 Å². The second-order valence-electron chi connectivity index (χ2n) is 4.32. The van der Waals surface area contributed by atoms with Gasteiger partial charge in [0.1, 0.15) is 5.75 Å². The molecule has 0 bridgehead atoms. The number of aromatic amines is 1. The highest BCUT2D eigenvalue weighted by molar-refractivity contribution is 7.71. The van der Waals surface area contributed by atoms with Crippen LogP contribution in [0.4, 0.5) is 0 Å². The average Bonchev–Trinajstić information content (AvgIpc) is 2.81. The summed E-state index contributed by atoms with van der Waals surface area (Å²) in [5.41, 5.74) is 1.04. The van der Waals surface area contributed by atoms with Crippen LogP contribution in [0.3, 0.4) is 0 Å². The minimum Gasteiger partial charge on any atom is -0.494 e. The van der Waals surface area contributed by atoms with Crippen molar-refractivity contribution >= 4 is 12.2 Å². The van der Waals surface area contributed by atoms with Gasteiger partial charge < -0.3 is 9.30 Å². The number of benzene rings is 1. The lowest BCUT2D eigenvalue weighted by Crippen LogP contribution is -1.98. The van der Waals surface area contributed by atoms with Crippen LogP contribution < -0.4 is 4.74 Å². The van der Waals surface area contributed by atoms with Gasteiger partial charge >= 0.3 is 0 Å². The maximum Gasteiger partial charge on any atom is 0.195 e. The topological polar surface area (TPSA) is 42.8 Å². The van der Waals surface area contributed by atoms with Crippen LogP contribution in [0.1, 0.15) is 26.7 Å². The second-order valence-corrected chi connectivity index (χ2v) is 4.71. The summed E-state index contributed by atoms with van der Waals surface area (Å²) in [7, 11) is 0.